The molecule has 0 amide bonds. The van der Waals surface area contributed by atoms with Gasteiger partial charge in [-0.3, -0.25) is 0 Å². The summed E-state index contributed by atoms with van der Waals surface area (Å²) in [5, 5.41) is 1.81. The monoisotopic (exact) mass is 419 g/mol. The molecule has 1 unspecified atom stereocenters. The molecule has 0 bridgehead atoms. The number of H-pyrrole nitrogens is 2. The number of aromatic nitrogens is 3. The highest BCUT2D eigenvalue weighted by atomic mass is 35.5. The Balaban J connectivity index is 1.74. The minimum absolute atomic E-state index is 0.0304. The maximum absolute atomic E-state index is 6.40. The average Bonchev–Trinajstić information content (AvgIpc) is 3.28. The van der Waals surface area contributed by atoms with Crippen molar-refractivity contribution in [3.8, 4) is 22.6 Å². The first-order valence-electron chi connectivity index (χ1n) is 9.55. The molecule has 0 spiro atoms. The Morgan fingerprint density at radius 3 is 2.76 bits per heavy atom. The molecule has 0 aliphatic heterocycles. The van der Waals surface area contributed by atoms with Gasteiger partial charge in [0.15, 0.2) is 0 Å². The summed E-state index contributed by atoms with van der Waals surface area (Å²) in [4.78, 5) is 12.1. The van der Waals surface area contributed by atoms with Gasteiger partial charge in [0.1, 0.15) is 5.82 Å². The van der Waals surface area contributed by atoms with Crippen molar-refractivity contribution in [1.82, 2.24) is 15.0 Å². The van der Waals surface area contributed by atoms with Crippen molar-refractivity contribution < 1.29 is 0 Å². The molecule has 2 heterocycles. The number of hydrogen-bond donors (Lipinski definition) is 2. The molecule has 0 fully saturated rings. The van der Waals surface area contributed by atoms with Gasteiger partial charge in [0.2, 0.25) is 0 Å². The van der Waals surface area contributed by atoms with E-state index in [-0.39, 0.29) is 5.38 Å². The van der Waals surface area contributed by atoms with Crippen LogP contribution in [0.4, 0.5) is 0 Å². The molecule has 5 heteroatoms. The zero-order valence-electron chi connectivity index (χ0n) is 15.8. The first kappa shape index (κ1) is 18.3. The van der Waals surface area contributed by atoms with Gasteiger partial charge in [-0.15, -0.1) is 11.6 Å². The summed E-state index contributed by atoms with van der Waals surface area (Å²) in [6.45, 7) is 2.08. The van der Waals surface area contributed by atoms with E-state index in [1.807, 2.05) is 48.6 Å². The summed E-state index contributed by atoms with van der Waals surface area (Å²) in [7, 11) is 0. The predicted octanol–water partition coefficient (Wildman–Crippen LogP) is 7.14. The summed E-state index contributed by atoms with van der Waals surface area (Å²) < 4.78 is 0. The molecule has 5 rings (SSSR count). The fraction of sp³-hybridized carbons (Fsp3) is 0.125. The number of nitrogens with one attached hydrogen (secondary N) is 2. The zero-order chi connectivity index (χ0) is 20.0. The van der Waals surface area contributed by atoms with Crippen LogP contribution in [0.3, 0.4) is 0 Å². The van der Waals surface area contributed by atoms with Crippen molar-refractivity contribution in [2.45, 2.75) is 18.7 Å². The van der Waals surface area contributed by atoms with E-state index in [4.69, 9.17) is 28.2 Å². The predicted molar refractivity (Wildman–Crippen MR) is 122 cm³/mol. The van der Waals surface area contributed by atoms with Gasteiger partial charge in [-0.1, -0.05) is 60.2 Å². The SMILES string of the molecule is Cc1[nH]c2ccccc2c1-c1nc(C2=CC=CC(Cl)C2)c(-c2cccc(Cl)c2)[nH]1. The van der Waals surface area contributed by atoms with Crippen molar-refractivity contribution in [2.75, 3.05) is 0 Å². The van der Waals surface area contributed by atoms with E-state index in [9.17, 15) is 0 Å². The Bertz CT molecular complexity index is 1280. The van der Waals surface area contributed by atoms with Gasteiger partial charge in [0, 0.05) is 32.7 Å². The Kier molecular flexibility index (Phi) is 4.57. The van der Waals surface area contributed by atoms with Crippen LogP contribution in [-0.2, 0) is 0 Å². The van der Waals surface area contributed by atoms with Crippen molar-refractivity contribution in [2.24, 2.45) is 0 Å². The van der Waals surface area contributed by atoms with Crippen LogP contribution in [0.5, 0.6) is 0 Å². The molecule has 1 atom stereocenters. The molecule has 0 saturated carbocycles. The van der Waals surface area contributed by atoms with Crippen LogP contribution >= 0.6 is 23.2 Å². The Hall–Kier alpha value is -2.75. The van der Waals surface area contributed by atoms with Gasteiger partial charge in [-0.25, -0.2) is 4.98 Å². The summed E-state index contributed by atoms with van der Waals surface area (Å²) in [5.74, 6) is 0.839. The molecular formula is C24H19Cl2N3. The lowest BCUT2D eigenvalue weighted by Gasteiger charge is -2.13. The quantitative estimate of drug-likeness (QED) is 0.340. The number of hydrogen-bond acceptors (Lipinski definition) is 1. The van der Waals surface area contributed by atoms with Gasteiger partial charge >= 0.3 is 0 Å². The first-order chi connectivity index (χ1) is 14.1. The standard InChI is InChI=1S/C24H19Cl2N3/c1-14-21(19-10-2-3-11-20(19)27-14)24-28-22(15-6-4-8-17(25)12-15)23(29-24)16-7-5-9-18(26)13-16/h2-12,18,27H,13H2,1H3,(H,28,29). The fourth-order valence-electron chi connectivity index (χ4n) is 3.97. The molecule has 29 heavy (non-hydrogen) atoms. The number of nitrogens with zero attached hydrogens (tertiary/aromatic N) is 1. The number of para-hydroxylation sites is 1. The van der Waals surface area contributed by atoms with E-state index in [1.54, 1.807) is 0 Å². The van der Waals surface area contributed by atoms with Crippen LogP contribution in [-0.4, -0.2) is 20.3 Å². The van der Waals surface area contributed by atoms with E-state index in [1.165, 1.54) is 0 Å². The number of aromatic amines is 2. The number of benzene rings is 2. The molecule has 1 aliphatic rings. The lowest BCUT2D eigenvalue weighted by atomic mass is 9.98. The molecule has 4 aromatic rings. The lowest BCUT2D eigenvalue weighted by molar-refractivity contribution is 1.05. The number of aryl methyl sites for hydroxylation is 1. The van der Waals surface area contributed by atoms with Gasteiger partial charge < -0.3 is 9.97 Å². The largest absolute Gasteiger partial charge is 0.358 e. The molecule has 144 valence electrons. The minimum Gasteiger partial charge on any atom is -0.358 e. The fourth-order valence-corrected chi connectivity index (χ4v) is 4.41. The van der Waals surface area contributed by atoms with Crippen LogP contribution in [0.1, 0.15) is 17.8 Å². The number of alkyl halides is 1. The van der Waals surface area contributed by atoms with Crippen LogP contribution in [0.2, 0.25) is 5.02 Å². The molecule has 2 N–H and O–H groups in total. The molecular weight excluding hydrogens is 401 g/mol. The third-order valence-electron chi connectivity index (χ3n) is 5.28. The van der Waals surface area contributed by atoms with Crippen molar-refractivity contribution in [1.29, 1.82) is 0 Å². The third kappa shape index (κ3) is 3.31. The van der Waals surface area contributed by atoms with Crippen molar-refractivity contribution in [3.05, 3.63) is 83.2 Å². The van der Waals surface area contributed by atoms with E-state index in [0.717, 1.165) is 56.9 Å². The Morgan fingerprint density at radius 1 is 1.07 bits per heavy atom. The molecule has 0 saturated heterocycles. The normalized spacial score (nSPS) is 16.4. The highest BCUT2D eigenvalue weighted by Crippen LogP contribution is 2.38. The van der Waals surface area contributed by atoms with E-state index in [2.05, 4.69) is 35.1 Å². The molecule has 2 aromatic carbocycles. The third-order valence-corrected chi connectivity index (χ3v) is 5.82. The summed E-state index contributed by atoms with van der Waals surface area (Å²) in [5.41, 5.74) is 7.26. The smallest absolute Gasteiger partial charge is 0.140 e. The second kappa shape index (κ2) is 7.25. The number of fused-ring (bicyclic) bond motifs is 1. The second-order valence-corrected chi connectivity index (χ2v) is 8.28. The van der Waals surface area contributed by atoms with Crippen molar-refractivity contribution in [3.63, 3.8) is 0 Å². The maximum Gasteiger partial charge on any atom is 0.140 e. The Morgan fingerprint density at radius 2 is 1.93 bits per heavy atom. The minimum atomic E-state index is -0.0304. The zero-order valence-corrected chi connectivity index (χ0v) is 17.4. The molecule has 3 nitrogen and oxygen atoms in total. The summed E-state index contributed by atoms with van der Waals surface area (Å²) >= 11 is 12.7. The van der Waals surface area contributed by atoms with Crippen LogP contribution in [0.25, 0.3) is 39.1 Å². The number of imidazole rings is 1. The Labute approximate surface area is 179 Å². The number of rotatable bonds is 3. The van der Waals surface area contributed by atoms with Gasteiger partial charge in [0.05, 0.1) is 16.8 Å². The van der Waals surface area contributed by atoms with Crippen LogP contribution in [0, 0.1) is 6.92 Å². The second-order valence-electron chi connectivity index (χ2n) is 7.29. The van der Waals surface area contributed by atoms with Gasteiger partial charge in [0.25, 0.3) is 0 Å². The highest BCUT2D eigenvalue weighted by Gasteiger charge is 2.22. The highest BCUT2D eigenvalue weighted by molar-refractivity contribution is 6.30. The van der Waals surface area contributed by atoms with Crippen LogP contribution in [0.15, 0.2) is 66.8 Å². The average molecular weight is 420 g/mol. The topological polar surface area (TPSA) is 44.5 Å². The van der Waals surface area contributed by atoms with E-state index >= 15 is 0 Å². The molecule has 0 radical (unpaired) electrons. The van der Waals surface area contributed by atoms with Crippen molar-refractivity contribution >= 4 is 39.7 Å². The number of allylic oxidation sites excluding steroid dienone is 4. The summed E-state index contributed by atoms with van der Waals surface area (Å²) in [6.07, 6.45) is 6.84. The van der Waals surface area contributed by atoms with Crippen LogP contribution < -0.4 is 0 Å². The first-order valence-corrected chi connectivity index (χ1v) is 10.4. The number of halogens is 2. The molecule has 2 aromatic heterocycles. The van der Waals surface area contributed by atoms with E-state index in [0.29, 0.717) is 5.02 Å². The summed E-state index contributed by atoms with van der Waals surface area (Å²) in [6, 6.07) is 16.1. The van der Waals surface area contributed by atoms with Gasteiger partial charge in [-0.2, -0.15) is 0 Å². The molecule has 1 aliphatic carbocycles. The van der Waals surface area contributed by atoms with E-state index < -0.39 is 0 Å². The van der Waals surface area contributed by atoms with Gasteiger partial charge in [-0.05, 0) is 37.1 Å². The lowest BCUT2D eigenvalue weighted by Crippen LogP contribution is -2.01. The maximum atomic E-state index is 6.40.